The van der Waals surface area contributed by atoms with E-state index in [1.165, 1.54) is 12.8 Å². The number of rotatable bonds is 2. The number of hydrogen-bond donors (Lipinski definition) is 0. The largest absolute Gasteiger partial charge is 2.00 e. The zero-order valence-corrected chi connectivity index (χ0v) is 9.00. The van der Waals surface area contributed by atoms with E-state index >= 15 is 0 Å². The standard InChI is InChI=1S/C6H13.BrH.Mg/c1-4-6(3)5-2;;/h4-5H2,1-3H3;1H;/q-1;;+2/p-1. The Labute approximate surface area is 79.3 Å². The molecule has 0 N–H and O–H groups in total. The van der Waals surface area contributed by atoms with Crippen molar-refractivity contribution in [2.75, 3.05) is 0 Å². The van der Waals surface area contributed by atoms with Gasteiger partial charge in [-0.3, -0.25) is 0 Å². The fourth-order valence-electron chi connectivity index (χ4n) is 0.250. The van der Waals surface area contributed by atoms with Crippen LogP contribution in [0.25, 0.3) is 0 Å². The number of halogens is 1. The molecular formula is C6H13BrMg. The minimum Gasteiger partial charge on any atom is -1.00 e. The Morgan fingerprint density at radius 2 is 1.38 bits per heavy atom. The zero-order chi connectivity index (χ0) is 4.99. The summed E-state index contributed by atoms with van der Waals surface area (Å²) in [5.74, 6) is 1.59. The monoisotopic (exact) mass is 188 g/mol. The third-order valence-corrected chi connectivity index (χ3v) is 1.21. The van der Waals surface area contributed by atoms with Crippen molar-refractivity contribution >= 4 is 23.1 Å². The smallest absolute Gasteiger partial charge is 1.00 e. The fourth-order valence-corrected chi connectivity index (χ4v) is 0.250. The Kier molecular flexibility index (Phi) is 22.4. The van der Waals surface area contributed by atoms with Crippen LogP contribution in [0, 0.1) is 5.92 Å². The molecule has 0 aromatic carbocycles. The molecule has 0 aliphatic heterocycles. The van der Waals surface area contributed by atoms with E-state index in [-0.39, 0.29) is 40.0 Å². The normalized spacial score (nSPS) is 7.50. The van der Waals surface area contributed by atoms with Gasteiger partial charge in [-0.2, -0.15) is 19.8 Å². The molecule has 0 bridgehead atoms. The van der Waals surface area contributed by atoms with Crippen molar-refractivity contribution in [1.29, 1.82) is 0 Å². The summed E-state index contributed by atoms with van der Waals surface area (Å²) in [6.45, 7) is 6.58. The first kappa shape index (κ1) is 16.1. The molecule has 0 saturated carbocycles. The second-order valence-electron chi connectivity index (χ2n) is 1.66. The van der Waals surface area contributed by atoms with Gasteiger partial charge in [-0.25, -0.2) is 0 Å². The third kappa shape index (κ3) is 10.3. The Morgan fingerprint density at radius 1 is 1.12 bits per heavy atom. The van der Waals surface area contributed by atoms with Crippen LogP contribution in [0.4, 0.5) is 0 Å². The van der Waals surface area contributed by atoms with Gasteiger partial charge in [0.15, 0.2) is 0 Å². The molecule has 0 rings (SSSR count). The average molecular weight is 189 g/mol. The predicted molar refractivity (Wildman–Crippen MR) is 35.3 cm³/mol. The summed E-state index contributed by atoms with van der Waals surface area (Å²) >= 11 is 0. The Morgan fingerprint density at radius 3 is 1.38 bits per heavy atom. The van der Waals surface area contributed by atoms with Crippen LogP contribution in [-0.2, 0) is 0 Å². The van der Waals surface area contributed by atoms with Gasteiger partial charge in [-0.1, -0.05) is 13.8 Å². The van der Waals surface area contributed by atoms with Crippen LogP contribution in [0.1, 0.15) is 33.6 Å². The Hall–Kier alpha value is 1.25. The van der Waals surface area contributed by atoms with E-state index in [9.17, 15) is 0 Å². The summed E-state index contributed by atoms with van der Waals surface area (Å²) < 4.78 is 0. The molecule has 0 unspecified atom stereocenters. The summed E-state index contributed by atoms with van der Waals surface area (Å²) in [5, 5.41) is 0. The SMILES string of the molecule is CC[C-](C)CC.[Br-].[Mg+2]. The molecule has 0 aromatic heterocycles. The van der Waals surface area contributed by atoms with Crippen LogP contribution in [-0.4, -0.2) is 23.1 Å². The molecule has 0 aliphatic carbocycles. The zero-order valence-electron chi connectivity index (χ0n) is 6.00. The predicted octanol–water partition coefficient (Wildman–Crippen LogP) is -0.976. The van der Waals surface area contributed by atoms with Gasteiger partial charge in [-0.15, -0.1) is 0 Å². The topological polar surface area (TPSA) is 0 Å². The van der Waals surface area contributed by atoms with Gasteiger partial charge in [0, 0.05) is 0 Å². The van der Waals surface area contributed by atoms with Gasteiger partial charge in [0.2, 0.25) is 0 Å². The second-order valence-corrected chi connectivity index (χ2v) is 1.66. The molecule has 0 amide bonds. The van der Waals surface area contributed by atoms with Crippen molar-refractivity contribution in [3.05, 3.63) is 5.92 Å². The summed E-state index contributed by atoms with van der Waals surface area (Å²) in [5.41, 5.74) is 0. The molecule has 0 saturated heterocycles. The quantitative estimate of drug-likeness (QED) is 0.387. The van der Waals surface area contributed by atoms with Crippen molar-refractivity contribution in [2.45, 2.75) is 33.6 Å². The fraction of sp³-hybridized carbons (Fsp3) is 0.833. The first-order valence-electron chi connectivity index (χ1n) is 2.62. The maximum atomic E-state index is 2.19. The molecule has 8 heavy (non-hydrogen) atoms. The van der Waals surface area contributed by atoms with E-state index in [0.29, 0.717) is 0 Å². The molecule has 0 atom stereocenters. The average Bonchev–Trinajstić information content (AvgIpc) is 1.65. The Balaban J connectivity index is -0.000000125. The van der Waals surface area contributed by atoms with Crippen LogP contribution < -0.4 is 17.0 Å². The first-order chi connectivity index (χ1) is 2.81. The number of hydrogen-bond acceptors (Lipinski definition) is 0. The van der Waals surface area contributed by atoms with Gasteiger partial charge in [0.1, 0.15) is 0 Å². The minimum atomic E-state index is 0. The Bertz CT molecular complexity index is 27.7. The van der Waals surface area contributed by atoms with E-state index in [0.717, 1.165) is 0 Å². The van der Waals surface area contributed by atoms with Crippen molar-refractivity contribution in [2.24, 2.45) is 0 Å². The van der Waals surface area contributed by atoms with Crippen LogP contribution in [0.2, 0.25) is 0 Å². The summed E-state index contributed by atoms with van der Waals surface area (Å²) in [4.78, 5) is 0. The van der Waals surface area contributed by atoms with Crippen LogP contribution in [0.3, 0.4) is 0 Å². The summed E-state index contributed by atoms with van der Waals surface area (Å²) in [6.07, 6.45) is 2.49. The second kappa shape index (κ2) is 11.1. The van der Waals surface area contributed by atoms with Crippen LogP contribution in [0.5, 0.6) is 0 Å². The molecule has 0 aromatic rings. The van der Waals surface area contributed by atoms with Gasteiger partial charge in [0.25, 0.3) is 0 Å². The van der Waals surface area contributed by atoms with Crippen molar-refractivity contribution in [3.8, 4) is 0 Å². The molecule has 46 valence electrons. The van der Waals surface area contributed by atoms with E-state index in [2.05, 4.69) is 20.8 Å². The maximum absolute atomic E-state index is 2.19. The van der Waals surface area contributed by atoms with Crippen LogP contribution in [0.15, 0.2) is 0 Å². The molecule has 0 radical (unpaired) electrons. The van der Waals surface area contributed by atoms with Gasteiger partial charge < -0.3 is 22.9 Å². The molecule has 0 nitrogen and oxygen atoms in total. The van der Waals surface area contributed by atoms with Crippen molar-refractivity contribution < 1.29 is 17.0 Å². The molecule has 2 heteroatoms. The van der Waals surface area contributed by atoms with E-state index in [1.807, 2.05) is 0 Å². The molecular weight excluding hydrogens is 176 g/mol. The van der Waals surface area contributed by atoms with Crippen molar-refractivity contribution in [1.82, 2.24) is 0 Å². The van der Waals surface area contributed by atoms with E-state index in [4.69, 9.17) is 0 Å². The third-order valence-electron chi connectivity index (χ3n) is 1.21. The summed E-state index contributed by atoms with van der Waals surface area (Å²) in [6, 6.07) is 0. The van der Waals surface area contributed by atoms with Gasteiger partial charge >= 0.3 is 23.1 Å². The van der Waals surface area contributed by atoms with E-state index < -0.39 is 0 Å². The van der Waals surface area contributed by atoms with Crippen LogP contribution >= 0.6 is 0 Å². The molecule has 0 spiro atoms. The van der Waals surface area contributed by atoms with Crippen molar-refractivity contribution in [3.63, 3.8) is 0 Å². The molecule has 0 fully saturated rings. The summed E-state index contributed by atoms with van der Waals surface area (Å²) in [7, 11) is 0. The maximum Gasteiger partial charge on any atom is 2.00 e. The minimum absolute atomic E-state index is 0. The van der Waals surface area contributed by atoms with E-state index in [1.54, 1.807) is 5.92 Å². The molecule has 0 heterocycles. The van der Waals surface area contributed by atoms with Gasteiger partial charge in [0.05, 0.1) is 0 Å². The molecule has 0 aliphatic rings. The van der Waals surface area contributed by atoms with Gasteiger partial charge in [-0.05, 0) is 0 Å². The first-order valence-corrected chi connectivity index (χ1v) is 2.62.